The highest BCUT2D eigenvalue weighted by Crippen LogP contribution is 2.22. The van der Waals surface area contributed by atoms with Crippen molar-refractivity contribution in [1.82, 2.24) is 15.1 Å². The highest BCUT2D eigenvalue weighted by Gasteiger charge is 2.24. The second-order valence-corrected chi connectivity index (χ2v) is 5.36. The number of halogens is 1. The second-order valence-electron chi connectivity index (χ2n) is 4.97. The Balaban J connectivity index is 1.93. The molecule has 17 heavy (non-hydrogen) atoms. The third-order valence-corrected chi connectivity index (χ3v) is 3.43. The van der Waals surface area contributed by atoms with Gasteiger partial charge in [0.1, 0.15) is 0 Å². The summed E-state index contributed by atoms with van der Waals surface area (Å²) in [6, 6.07) is 3.66. The number of aromatic nitrogens is 2. The molecule has 1 atom stereocenters. The van der Waals surface area contributed by atoms with Crippen molar-refractivity contribution in [3.05, 3.63) is 23.0 Å². The number of hydrogen-bond donors (Lipinski definition) is 1. The molecule has 0 aromatic carbocycles. The fraction of sp³-hybridized carbons (Fsp3) is 0.667. The zero-order chi connectivity index (χ0) is 12.3. The van der Waals surface area contributed by atoms with E-state index in [9.17, 15) is 5.11 Å². The standard InChI is InChI=1S/C12H18ClN3O/c1-12(17)5-2-7-16(8-6-12)9-10-3-4-11(13)15-14-10/h3-4,17H,2,5-9H2,1H3. The van der Waals surface area contributed by atoms with Gasteiger partial charge in [-0.05, 0) is 44.9 Å². The van der Waals surface area contributed by atoms with Gasteiger partial charge in [-0.2, -0.15) is 5.10 Å². The number of nitrogens with zero attached hydrogens (tertiary/aromatic N) is 3. The molecule has 0 bridgehead atoms. The summed E-state index contributed by atoms with van der Waals surface area (Å²) in [6.07, 6.45) is 2.71. The lowest BCUT2D eigenvalue weighted by Gasteiger charge is -2.21. The van der Waals surface area contributed by atoms with Gasteiger partial charge in [0.25, 0.3) is 0 Å². The summed E-state index contributed by atoms with van der Waals surface area (Å²) in [4.78, 5) is 2.30. The van der Waals surface area contributed by atoms with E-state index in [1.54, 1.807) is 6.07 Å². The SMILES string of the molecule is CC1(O)CCCN(Cc2ccc(Cl)nn2)CC1. The maximum atomic E-state index is 10.0. The van der Waals surface area contributed by atoms with Gasteiger partial charge in [0.15, 0.2) is 5.15 Å². The van der Waals surface area contributed by atoms with Crippen LogP contribution in [-0.4, -0.2) is 38.9 Å². The molecule has 1 aliphatic heterocycles. The predicted octanol–water partition coefficient (Wildman–Crippen LogP) is 1.87. The molecule has 1 saturated heterocycles. The molecule has 0 spiro atoms. The van der Waals surface area contributed by atoms with E-state index in [1.165, 1.54) is 0 Å². The van der Waals surface area contributed by atoms with Gasteiger partial charge in [-0.25, -0.2) is 0 Å². The molecule has 2 rings (SSSR count). The molecule has 1 N–H and O–H groups in total. The van der Waals surface area contributed by atoms with Crippen molar-refractivity contribution in [3.63, 3.8) is 0 Å². The Morgan fingerprint density at radius 2 is 2.18 bits per heavy atom. The maximum Gasteiger partial charge on any atom is 0.151 e. The second kappa shape index (κ2) is 5.29. The Morgan fingerprint density at radius 1 is 1.35 bits per heavy atom. The first kappa shape index (κ1) is 12.7. The van der Waals surface area contributed by atoms with Crippen LogP contribution >= 0.6 is 11.6 Å². The first-order chi connectivity index (χ1) is 8.05. The summed E-state index contributed by atoms with van der Waals surface area (Å²) < 4.78 is 0. The lowest BCUT2D eigenvalue weighted by molar-refractivity contribution is 0.0444. The minimum absolute atomic E-state index is 0.424. The monoisotopic (exact) mass is 255 g/mol. The van der Waals surface area contributed by atoms with E-state index < -0.39 is 5.60 Å². The lowest BCUT2D eigenvalue weighted by atomic mass is 9.98. The first-order valence-electron chi connectivity index (χ1n) is 5.98. The minimum Gasteiger partial charge on any atom is -0.390 e. The molecule has 2 heterocycles. The summed E-state index contributed by atoms with van der Waals surface area (Å²) in [5.74, 6) is 0. The zero-order valence-electron chi connectivity index (χ0n) is 10.1. The Labute approximate surface area is 107 Å². The van der Waals surface area contributed by atoms with Gasteiger partial charge in [-0.15, -0.1) is 5.10 Å². The van der Waals surface area contributed by atoms with Gasteiger partial charge in [-0.1, -0.05) is 11.6 Å². The largest absolute Gasteiger partial charge is 0.390 e. The smallest absolute Gasteiger partial charge is 0.151 e. The highest BCUT2D eigenvalue weighted by molar-refractivity contribution is 6.29. The Kier molecular flexibility index (Phi) is 3.97. The summed E-state index contributed by atoms with van der Waals surface area (Å²) in [6.45, 7) is 4.59. The topological polar surface area (TPSA) is 49.2 Å². The average molecular weight is 256 g/mol. The molecule has 0 radical (unpaired) electrons. The quantitative estimate of drug-likeness (QED) is 0.877. The molecule has 0 saturated carbocycles. The van der Waals surface area contributed by atoms with Gasteiger partial charge in [0, 0.05) is 13.1 Å². The molecule has 5 heteroatoms. The lowest BCUT2D eigenvalue weighted by Crippen LogP contribution is -2.28. The van der Waals surface area contributed by atoms with Crippen molar-refractivity contribution < 1.29 is 5.11 Å². The summed E-state index contributed by atoms with van der Waals surface area (Å²) in [5, 5.41) is 18.3. The average Bonchev–Trinajstić information content (AvgIpc) is 2.44. The van der Waals surface area contributed by atoms with E-state index in [0.29, 0.717) is 5.15 Å². The molecule has 1 aromatic heterocycles. The van der Waals surface area contributed by atoms with Crippen molar-refractivity contribution in [2.75, 3.05) is 13.1 Å². The molecule has 1 unspecified atom stereocenters. The molecule has 4 nitrogen and oxygen atoms in total. The Bertz CT molecular complexity index is 367. The van der Waals surface area contributed by atoms with E-state index in [1.807, 2.05) is 13.0 Å². The number of rotatable bonds is 2. The fourth-order valence-corrected chi connectivity index (χ4v) is 2.24. The van der Waals surface area contributed by atoms with Crippen LogP contribution in [0, 0.1) is 0 Å². The van der Waals surface area contributed by atoms with Crippen molar-refractivity contribution in [2.24, 2.45) is 0 Å². The van der Waals surface area contributed by atoms with Crippen LogP contribution in [0.3, 0.4) is 0 Å². The molecule has 1 aliphatic rings. The van der Waals surface area contributed by atoms with Crippen LogP contribution in [0.25, 0.3) is 0 Å². The van der Waals surface area contributed by atoms with Crippen LogP contribution in [-0.2, 0) is 6.54 Å². The van der Waals surface area contributed by atoms with Gasteiger partial charge in [-0.3, -0.25) is 4.90 Å². The van der Waals surface area contributed by atoms with Crippen LogP contribution in [0.1, 0.15) is 31.9 Å². The molecular formula is C12H18ClN3O. The van der Waals surface area contributed by atoms with E-state index in [0.717, 1.165) is 44.6 Å². The van der Waals surface area contributed by atoms with Crippen molar-refractivity contribution in [3.8, 4) is 0 Å². The van der Waals surface area contributed by atoms with Crippen LogP contribution in [0.15, 0.2) is 12.1 Å². The van der Waals surface area contributed by atoms with E-state index >= 15 is 0 Å². The van der Waals surface area contributed by atoms with Gasteiger partial charge in [0.2, 0.25) is 0 Å². The first-order valence-corrected chi connectivity index (χ1v) is 6.36. The van der Waals surface area contributed by atoms with Gasteiger partial charge < -0.3 is 5.11 Å². The third kappa shape index (κ3) is 3.91. The van der Waals surface area contributed by atoms with Crippen molar-refractivity contribution >= 4 is 11.6 Å². The third-order valence-electron chi connectivity index (χ3n) is 3.23. The normalized spacial score (nSPS) is 26.8. The van der Waals surface area contributed by atoms with Gasteiger partial charge in [0.05, 0.1) is 11.3 Å². The Morgan fingerprint density at radius 3 is 2.88 bits per heavy atom. The van der Waals surface area contributed by atoms with E-state index in [4.69, 9.17) is 11.6 Å². The van der Waals surface area contributed by atoms with Gasteiger partial charge >= 0.3 is 0 Å². The van der Waals surface area contributed by atoms with Crippen LogP contribution in [0.5, 0.6) is 0 Å². The molecule has 1 aromatic rings. The molecular weight excluding hydrogens is 238 g/mol. The van der Waals surface area contributed by atoms with Crippen LogP contribution in [0.2, 0.25) is 5.15 Å². The van der Waals surface area contributed by atoms with Crippen molar-refractivity contribution in [2.45, 2.75) is 38.3 Å². The molecule has 0 amide bonds. The zero-order valence-corrected chi connectivity index (χ0v) is 10.8. The maximum absolute atomic E-state index is 10.0. The number of likely N-dealkylation sites (tertiary alicyclic amines) is 1. The fourth-order valence-electron chi connectivity index (χ4n) is 2.13. The van der Waals surface area contributed by atoms with E-state index in [2.05, 4.69) is 15.1 Å². The predicted molar refractivity (Wildman–Crippen MR) is 66.8 cm³/mol. The van der Waals surface area contributed by atoms with Crippen LogP contribution < -0.4 is 0 Å². The highest BCUT2D eigenvalue weighted by atomic mass is 35.5. The summed E-state index contributed by atoms with van der Waals surface area (Å²) in [5.41, 5.74) is 0.413. The van der Waals surface area contributed by atoms with E-state index in [-0.39, 0.29) is 0 Å². The molecule has 0 aliphatic carbocycles. The number of aliphatic hydroxyl groups is 1. The van der Waals surface area contributed by atoms with Crippen LogP contribution in [0.4, 0.5) is 0 Å². The molecule has 1 fully saturated rings. The summed E-state index contributed by atoms with van der Waals surface area (Å²) >= 11 is 5.70. The number of hydrogen-bond acceptors (Lipinski definition) is 4. The Hall–Kier alpha value is -0.710. The van der Waals surface area contributed by atoms with Crippen molar-refractivity contribution in [1.29, 1.82) is 0 Å². The summed E-state index contributed by atoms with van der Waals surface area (Å²) in [7, 11) is 0. The minimum atomic E-state index is -0.513. The molecule has 94 valence electrons.